The Labute approximate surface area is 126 Å². The number of hydrogen-bond acceptors (Lipinski definition) is 8. The molecule has 1 fully saturated rings. The normalized spacial score (nSPS) is 35.3. The quantitative estimate of drug-likeness (QED) is 0.541. The van der Waals surface area contributed by atoms with Crippen LogP contribution in [0, 0.1) is 0 Å². The number of fused-ring (bicyclic) bond motifs is 1. The molecule has 120 valence electrons. The van der Waals surface area contributed by atoms with E-state index in [9.17, 15) is 10.2 Å². The number of aliphatic hydroxyl groups excluding tert-OH is 2. The van der Waals surface area contributed by atoms with Crippen molar-refractivity contribution in [3.05, 3.63) is 24.2 Å². The maximum absolute atomic E-state index is 10.4. The van der Waals surface area contributed by atoms with Crippen LogP contribution in [0.4, 0.5) is 5.82 Å². The number of anilines is 1. The first kappa shape index (κ1) is 15.1. The number of nitrogens with two attached hydrogens (primary N) is 2. The van der Waals surface area contributed by atoms with Gasteiger partial charge in [-0.25, -0.2) is 9.50 Å². The Morgan fingerprint density at radius 2 is 2.23 bits per heavy atom. The van der Waals surface area contributed by atoms with Gasteiger partial charge in [0.15, 0.2) is 5.82 Å². The molecule has 0 saturated carbocycles. The number of aliphatic hydroxyl groups is 2. The highest BCUT2D eigenvalue weighted by Gasteiger charge is 2.64. The number of aromatic nitrogens is 3. The molecular weight excluding hydrogens is 290 g/mol. The van der Waals surface area contributed by atoms with E-state index < -0.39 is 23.5 Å². The lowest BCUT2D eigenvalue weighted by atomic mass is 9.85. The largest absolute Gasteiger partial charge is 0.394 e. The average molecular weight is 309 g/mol. The second-order valence-corrected chi connectivity index (χ2v) is 5.55. The van der Waals surface area contributed by atoms with Crippen LogP contribution in [0.25, 0.3) is 5.52 Å². The van der Waals surface area contributed by atoms with Crippen LogP contribution in [0.2, 0.25) is 0 Å². The molecule has 0 aliphatic carbocycles. The molecule has 1 aliphatic heterocycles. The van der Waals surface area contributed by atoms with Crippen LogP contribution in [0.3, 0.4) is 0 Å². The molecule has 4 atom stereocenters. The molecule has 0 bridgehead atoms. The number of nitrogens with zero attached hydrogens (tertiary/aromatic N) is 3. The fraction of sp³-hybridized carbons (Fsp3) is 0.538. The summed E-state index contributed by atoms with van der Waals surface area (Å²) >= 11 is 0. The Kier molecular flexibility index (Phi) is 3.34. The van der Waals surface area contributed by atoms with Crippen LogP contribution in [0.15, 0.2) is 18.5 Å². The minimum Gasteiger partial charge on any atom is -0.394 e. The molecular formula is C13H19N5O4. The average Bonchev–Trinajstić information content (AvgIpc) is 3.01. The summed E-state index contributed by atoms with van der Waals surface area (Å²) in [6.07, 6.45) is -0.695. The standard InChI is InChI=1S/C13H19N5O4/c1-12(15)10(20)8(5-19)22-13(12,21-2)9-4-3-7-11(14)16-6-17-18(7)9/h3-4,6,8,10,19-20H,5,15H2,1-2H3,(H2,14,16,17)/t8-,10-,12-,13+/m1/s1. The van der Waals surface area contributed by atoms with Gasteiger partial charge in [-0.1, -0.05) is 0 Å². The van der Waals surface area contributed by atoms with Gasteiger partial charge >= 0.3 is 0 Å². The fourth-order valence-corrected chi connectivity index (χ4v) is 3.03. The number of methoxy groups -OCH3 is 1. The molecule has 0 spiro atoms. The van der Waals surface area contributed by atoms with Crippen molar-refractivity contribution in [1.82, 2.24) is 14.6 Å². The highest BCUT2D eigenvalue weighted by molar-refractivity contribution is 5.65. The van der Waals surface area contributed by atoms with E-state index in [4.69, 9.17) is 20.9 Å². The molecule has 9 nitrogen and oxygen atoms in total. The molecule has 0 unspecified atom stereocenters. The third-order valence-corrected chi connectivity index (χ3v) is 4.28. The summed E-state index contributed by atoms with van der Waals surface area (Å²) in [6, 6.07) is 3.41. The van der Waals surface area contributed by atoms with Gasteiger partial charge in [0.25, 0.3) is 0 Å². The first-order valence-electron chi connectivity index (χ1n) is 6.78. The summed E-state index contributed by atoms with van der Waals surface area (Å²) in [5.41, 5.74) is 11.8. The predicted molar refractivity (Wildman–Crippen MR) is 76.6 cm³/mol. The van der Waals surface area contributed by atoms with Crippen molar-refractivity contribution in [2.45, 2.75) is 30.5 Å². The van der Waals surface area contributed by atoms with Gasteiger partial charge in [0, 0.05) is 7.11 Å². The van der Waals surface area contributed by atoms with Gasteiger partial charge in [-0.3, -0.25) is 0 Å². The molecule has 0 radical (unpaired) electrons. The van der Waals surface area contributed by atoms with Gasteiger partial charge in [0.05, 0.1) is 6.61 Å². The smallest absolute Gasteiger partial charge is 0.233 e. The maximum atomic E-state index is 10.4. The zero-order valence-electron chi connectivity index (χ0n) is 12.3. The molecule has 2 aromatic rings. The predicted octanol–water partition coefficient (Wildman–Crippen LogP) is -1.42. The van der Waals surface area contributed by atoms with Crippen molar-refractivity contribution >= 4 is 11.3 Å². The van der Waals surface area contributed by atoms with Crippen LogP contribution in [-0.4, -0.2) is 56.3 Å². The highest BCUT2D eigenvalue weighted by Crippen LogP contribution is 2.46. The zero-order valence-corrected chi connectivity index (χ0v) is 12.3. The Morgan fingerprint density at radius 3 is 2.82 bits per heavy atom. The number of rotatable bonds is 3. The molecule has 6 N–H and O–H groups in total. The van der Waals surface area contributed by atoms with E-state index >= 15 is 0 Å². The van der Waals surface area contributed by atoms with E-state index in [0.717, 1.165) is 0 Å². The minimum atomic E-state index is -1.49. The van der Waals surface area contributed by atoms with E-state index in [0.29, 0.717) is 17.0 Å². The first-order valence-corrected chi connectivity index (χ1v) is 6.78. The molecule has 0 aromatic carbocycles. The van der Waals surface area contributed by atoms with Crippen LogP contribution in [0.1, 0.15) is 12.6 Å². The Hall–Kier alpha value is -1.78. The van der Waals surface area contributed by atoms with Crippen molar-refractivity contribution in [2.75, 3.05) is 19.5 Å². The number of nitrogen functional groups attached to an aromatic ring is 1. The van der Waals surface area contributed by atoms with Crippen LogP contribution >= 0.6 is 0 Å². The second kappa shape index (κ2) is 4.86. The lowest BCUT2D eigenvalue weighted by Crippen LogP contribution is -2.60. The van der Waals surface area contributed by atoms with Gasteiger partial charge in [-0.2, -0.15) is 5.10 Å². The van der Waals surface area contributed by atoms with Crippen molar-refractivity contribution in [2.24, 2.45) is 5.73 Å². The number of ether oxygens (including phenoxy) is 2. The molecule has 1 aliphatic rings. The lowest BCUT2D eigenvalue weighted by Gasteiger charge is -2.38. The molecule has 3 rings (SSSR count). The second-order valence-electron chi connectivity index (χ2n) is 5.55. The third-order valence-electron chi connectivity index (χ3n) is 4.28. The lowest BCUT2D eigenvalue weighted by molar-refractivity contribution is -0.249. The van der Waals surface area contributed by atoms with Crippen LogP contribution in [-0.2, 0) is 15.3 Å². The van der Waals surface area contributed by atoms with E-state index in [2.05, 4.69) is 10.1 Å². The van der Waals surface area contributed by atoms with E-state index in [-0.39, 0.29) is 6.61 Å². The third kappa shape index (κ3) is 1.71. The molecule has 9 heteroatoms. The summed E-state index contributed by atoms with van der Waals surface area (Å²) in [7, 11) is 1.42. The topological polar surface area (TPSA) is 141 Å². The molecule has 1 saturated heterocycles. The zero-order chi connectivity index (χ0) is 16.1. The van der Waals surface area contributed by atoms with Crippen LogP contribution in [0.5, 0.6) is 0 Å². The van der Waals surface area contributed by atoms with Gasteiger partial charge in [0.2, 0.25) is 5.79 Å². The SMILES string of the molecule is CO[C@@]1(c2ccc3c(N)ncnn23)O[C@H](CO)[C@@H](O)[C@@]1(C)N. The highest BCUT2D eigenvalue weighted by atomic mass is 16.7. The maximum Gasteiger partial charge on any atom is 0.233 e. The molecule has 2 aromatic heterocycles. The Balaban J connectivity index is 2.24. The Morgan fingerprint density at radius 1 is 1.50 bits per heavy atom. The minimum absolute atomic E-state index is 0.295. The first-order chi connectivity index (χ1) is 10.4. The van der Waals surface area contributed by atoms with Crippen molar-refractivity contribution in [1.29, 1.82) is 0 Å². The number of hydrogen-bond donors (Lipinski definition) is 4. The summed E-state index contributed by atoms with van der Waals surface area (Å²) in [6.45, 7) is 1.21. The van der Waals surface area contributed by atoms with E-state index in [1.165, 1.54) is 18.0 Å². The van der Waals surface area contributed by atoms with E-state index in [1.54, 1.807) is 19.1 Å². The summed E-state index contributed by atoms with van der Waals surface area (Å²) in [5.74, 6) is -1.20. The van der Waals surface area contributed by atoms with Crippen molar-refractivity contribution in [3.63, 3.8) is 0 Å². The van der Waals surface area contributed by atoms with Crippen LogP contribution < -0.4 is 11.5 Å². The summed E-state index contributed by atoms with van der Waals surface area (Å²) in [5, 5.41) is 23.9. The van der Waals surface area contributed by atoms with Crippen molar-refractivity contribution in [3.8, 4) is 0 Å². The van der Waals surface area contributed by atoms with Gasteiger partial charge in [0.1, 0.15) is 35.3 Å². The van der Waals surface area contributed by atoms with Gasteiger partial charge in [-0.15, -0.1) is 0 Å². The van der Waals surface area contributed by atoms with Gasteiger partial charge in [-0.05, 0) is 19.1 Å². The Bertz CT molecular complexity index is 703. The molecule has 22 heavy (non-hydrogen) atoms. The van der Waals surface area contributed by atoms with Crippen molar-refractivity contribution < 1.29 is 19.7 Å². The monoisotopic (exact) mass is 309 g/mol. The summed E-state index contributed by atoms with van der Waals surface area (Å²) < 4.78 is 12.9. The summed E-state index contributed by atoms with van der Waals surface area (Å²) in [4.78, 5) is 3.92. The fourth-order valence-electron chi connectivity index (χ4n) is 3.03. The molecule has 0 amide bonds. The van der Waals surface area contributed by atoms with Gasteiger partial charge < -0.3 is 31.2 Å². The van der Waals surface area contributed by atoms with E-state index in [1.807, 2.05) is 0 Å². The molecule has 3 heterocycles.